The monoisotopic (exact) mass is 262 g/mol. The topological polar surface area (TPSA) is 34.2 Å². The minimum Gasteiger partial charge on any atom is -0.496 e. The average Bonchev–Trinajstić information content (AvgIpc) is 2.86. The largest absolute Gasteiger partial charge is 0.496 e. The molecule has 0 spiro atoms. The molecule has 0 atom stereocenters. The summed E-state index contributed by atoms with van der Waals surface area (Å²) in [6.07, 6.45) is 1.85. The van der Waals surface area contributed by atoms with Crippen LogP contribution in [0.15, 0.2) is 23.6 Å². The molecule has 0 aliphatic rings. The SMILES string of the molecule is CCc1cc(Cc2csc(NC)n2)ccc1OC. The third-order valence-electron chi connectivity index (χ3n) is 2.88. The number of aromatic nitrogens is 1. The fourth-order valence-electron chi connectivity index (χ4n) is 1.93. The molecule has 0 aliphatic carbocycles. The number of thiazole rings is 1. The van der Waals surface area contributed by atoms with E-state index >= 15 is 0 Å². The molecule has 0 radical (unpaired) electrons. The lowest BCUT2D eigenvalue weighted by Crippen LogP contribution is -1.95. The Balaban J connectivity index is 2.18. The molecule has 96 valence electrons. The van der Waals surface area contributed by atoms with Crippen LogP contribution in [-0.4, -0.2) is 19.1 Å². The van der Waals surface area contributed by atoms with Crippen LogP contribution in [-0.2, 0) is 12.8 Å². The van der Waals surface area contributed by atoms with Crippen molar-refractivity contribution < 1.29 is 4.74 Å². The first-order valence-electron chi connectivity index (χ1n) is 6.04. The summed E-state index contributed by atoms with van der Waals surface area (Å²) in [5.74, 6) is 0.968. The van der Waals surface area contributed by atoms with Gasteiger partial charge in [0.1, 0.15) is 5.75 Å². The highest BCUT2D eigenvalue weighted by atomic mass is 32.1. The first kappa shape index (κ1) is 12.9. The highest BCUT2D eigenvalue weighted by molar-refractivity contribution is 7.13. The second-order valence-corrected chi connectivity index (χ2v) is 4.93. The Hall–Kier alpha value is -1.55. The van der Waals surface area contributed by atoms with E-state index < -0.39 is 0 Å². The molecule has 0 bridgehead atoms. The fourth-order valence-corrected chi connectivity index (χ4v) is 2.60. The molecule has 1 N–H and O–H groups in total. The molecule has 1 heterocycles. The van der Waals surface area contributed by atoms with Crippen LogP contribution in [0, 0.1) is 0 Å². The van der Waals surface area contributed by atoms with Crippen molar-refractivity contribution in [2.24, 2.45) is 0 Å². The molecule has 0 saturated heterocycles. The Morgan fingerprint density at radius 3 is 2.83 bits per heavy atom. The molecule has 18 heavy (non-hydrogen) atoms. The average molecular weight is 262 g/mol. The molecule has 0 fully saturated rings. The zero-order chi connectivity index (χ0) is 13.0. The third-order valence-corrected chi connectivity index (χ3v) is 3.79. The Morgan fingerprint density at radius 1 is 1.39 bits per heavy atom. The lowest BCUT2D eigenvalue weighted by Gasteiger charge is -2.08. The van der Waals surface area contributed by atoms with Gasteiger partial charge in [0.2, 0.25) is 0 Å². The summed E-state index contributed by atoms with van der Waals surface area (Å²) in [5.41, 5.74) is 3.64. The third kappa shape index (κ3) is 2.82. The van der Waals surface area contributed by atoms with Crippen molar-refractivity contribution in [1.82, 2.24) is 4.98 Å². The van der Waals surface area contributed by atoms with Gasteiger partial charge in [0.15, 0.2) is 5.13 Å². The Bertz CT molecular complexity index is 522. The maximum Gasteiger partial charge on any atom is 0.182 e. The van der Waals surface area contributed by atoms with Crippen LogP contribution in [0.3, 0.4) is 0 Å². The molecule has 1 aromatic heterocycles. The summed E-state index contributed by atoms with van der Waals surface area (Å²) < 4.78 is 5.34. The van der Waals surface area contributed by atoms with Crippen LogP contribution in [0.1, 0.15) is 23.7 Å². The molecule has 3 nitrogen and oxygen atoms in total. The Labute approximate surface area is 112 Å². The highest BCUT2D eigenvalue weighted by Gasteiger charge is 2.05. The van der Waals surface area contributed by atoms with Crippen LogP contribution < -0.4 is 10.1 Å². The minimum atomic E-state index is 0.870. The number of aryl methyl sites for hydroxylation is 1. The van der Waals surface area contributed by atoms with Gasteiger partial charge in [0, 0.05) is 18.8 Å². The van der Waals surface area contributed by atoms with Crippen LogP contribution in [0.2, 0.25) is 0 Å². The zero-order valence-corrected chi connectivity index (χ0v) is 11.8. The molecular formula is C14H18N2OS. The van der Waals surface area contributed by atoms with Crippen molar-refractivity contribution in [1.29, 1.82) is 0 Å². The molecular weight excluding hydrogens is 244 g/mol. The summed E-state index contributed by atoms with van der Waals surface area (Å²) in [7, 11) is 3.61. The number of benzene rings is 1. The second kappa shape index (κ2) is 5.87. The van der Waals surface area contributed by atoms with Crippen LogP contribution in [0.4, 0.5) is 5.13 Å². The molecule has 0 unspecified atom stereocenters. The van der Waals surface area contributed by atoms with E-state index in [1.54, 1.807) is 18.4 Å². The Kier molecular flexibility index (Phi) is 4.20. The van der Waals surface area contributed by atoms with Crippen molar-refractivity contribution >= 4 is 16.5 Å². The number of anilines is 1. The van der Waals surface area contributed by atoms with E-state index in [-0.39, 0.29) is 0 Å². The van der Waals surface area contributed by atoms with Crippen LogP contribution in [0.5, 0.6) is 5.75 Å². The van der Waals surface area contributed by atoms with E-state index in [0.717, 1.165) is 29.4 Å². The summed E-state index contributed by atoms with van der Waals surface area (Å²) in [4.78, 5) is 4.50. The van der Waals surface area contributed by atoms with E-state index in [9.17, 15) is 0 Å². The van der Waals surface area contributed by atoms with E-state index in [4.69, 9.17) is 4.74 Å². The van der Waals surface area contributed by atoms with Crippen LogP contribution >= 0.6 is 11.3 Å². The minimum absolute atomic E-state index is 0.870. The van der Waals surface area contributed by atoms with Gasteiger partial charge in [0.05, 0.1) is 12.8 Å². The first-order chi connectivity index (χ1) is 8.76. The number of nitrogens with zero attached hydrogens (tertiary/aromatic N) is 1. The lowest BCUT2D eigenvalue weighted by molar-refractivity contribution is 0.410. The van der Waals surface area contributed by atoms with Crippen molar-refractivity contribution in [3.8, 4) is 5.75 Å². The molecule has 0 amide bonds. The smallest absolute Gasteiger partial charge is 0.182 e. The second-order valence-electron chi connectivity index (χ2n) is 4.07. The Morgan fingerprint density at radius 2 is 2.22 bits per heavy atom. The molecule has 1 aromatic carbocycles. The predicted molar refractivity (Wildman–Crippen MR) is 76.8 cm³/mol. The van der Waals surface area contributed by atoms with Gasteiger partial charge in [-0.05, 0) is 23.6 Å². The molecule has 2 rings (SSSR count). The molecule has 4 heteroatoms. The van der Waals surface area contributed by atoms with Gasteiger partial charge in [-0.1, -0.05) is 19.1 Å². The van der Waals surface area contributed by atoms with Gasteiger partial charge < -0.3 is 10.1 Å². The van der Waals surface area contributed by atoms with E-state index in [1.807, 2.05) is 13.1 Å². The van der Waals surface area contributed by atoms with Gasteiger partial charge in [-0.3, -0.25) is 0 Å². The number of nitrogens with one attached hydrogen (secondary N) is 1. The number of hydrogen-bond acceptors (Lipinski definition) is 4. The van der Waals surface area contributed by atoms with Crippen molar-refractivity contribution in [3.63, 3.8) is 0 Å². The van der Waals surface area contributed by atoms with Crippen molar-refractivity contribution in [2.45, 2.75) is 19.8 Å². The van der Waals surface area contributed by atoms with Crippen molar-refractivity contribution in [3.05, 3.63) is 40.4 Å². The highest BCUT2D eigenvalue weighted by Crippen LogP contribution is 2.23. The van der Waals surface area contributed by atoms with E-state index in [0.29, 0.717) is 0 Å². The quantitative estimate of drug-likeness (QED) is 0.897. The number of rotatable bonds is 5. The number of methoxy groups -OCH3 is 1. The number of hydrogen-bond donors (Lipinski definition) is 1. The zero-order valence-electron chi connectivity index (χ0n) is 11.0. The molecule has 0 aliphatic heterocycles. The summed E-state index contributed by atoms with van der Waals surface area (Å²) in [6.45, 7) is 2.14. The van der Waals surface area contributed by atoms with Gasteiger partial charge in [-0.15, -0.1) is 11.3 Å². The normalized spacial score (nSPS) is 10.4. The van der Waals surface area contributed by atoms with Gasteiger partial charge in [0.25, 0.3) is 0 Å². The van der Waals surface area contributed by atoms with E-state index in [2.05, 4.69) is 34.7 Å². The maximum absolute atomic E-state index is 5.34. The molecule has 0 saturated carbocycles. The van der Waals surface area contributed by atoms with Crippen molar-refractivity contribution in [2.75, 3.05) is 19.5 Å². The number of ether oxygens (including phenoxy) is 1. The molecule has 2 aromatic rings. The van der Waals surface area contributed by atoms with Crippen LogP contribution in [0.25, 0.3) is 0 Å². The fraction of sp³-hybridized carbons (Fsp3) is 0.357. The lowest BCUT2D eigenvalue weighted by atomic mass is 10.0. The van der Waals surface area contributed by atoms with E-state index in [1.165, 1.54) is 11.1 Å². The summed E-state index contributed by atoms with van der Waals surface area (Å²) in [5, 5.41) is 6.13. The first-order valence-corrected chi connectivity index (χ1v) is 6.92. The summed E-state index contributed by atoms with van der Waals surface area (Å²) >= 11 is 1.64. The maximum atomic E-state index is 5.34. The van der Waals surface area contributed by atoms with Gasteiger partial charge in [-0.2, -0.15) is 0 Å². The van der Waals surface area contributed by atoms with Gasteiger partial charge in [-0.25, -0.2) is 4.98 Å². The predicted octanol–water partition coefficient (Wildman–Crippen LogP) is 3.35. The summed E-state index contributed by atoms with van der Waals surface area (Å²) in [6, 6.07) is 6.35. The van der Waals surface area contributed by atoms with Gasteiger partial charge >= 0.3 is 0 Å². The standard InChI is InChI=1S/C14H18N2OS/c1-4-11-7-10(5-6-13(11)17-3)8-12-9-18-14(15-2)16-12/h5-7,9H,4,8H2,1-3H3,(H,15,16).